The molecule has 0 saturated carbocycles. The smallest absolute Gasteiger partial charge is 0.138 e. The van der Waals surface area contributed by atoms with Gasteiger partial charge in [0.05, 0.1) is 17.3 Å². The number of aryl methyl sites for hydroxylation is 1. The highest BCUT2D eigenvalue weighted by Gasteiger charge is 2.27. The molecule has 0 aliphatic rings. The Balaban J connectivity index is 2.29. The van der Waals surface area contributed by atoms with Crippen molar-refractivity contribution in [2.24, 2.45) is 0 Å². The van der Waals surface area contributed by atoms with E-state index in [-0.39, 0.29) is 23.5 Å². The molecule has 0 amide bonds. The van der Waals surface area contributed by atoms with Crippen molar-refractivity contribution in [2.45, 2.75) is 46.5 Å². The lowest BCUT2D eigenvalue weighted by Crippen LogP contribution is -2.39. The molecule has 0 saturated heterocycles. The van der Waals surface area contributed by atoms with E-state index in [4.69, 9.17) is 5.26 Å². The Bertz CT molecular complexity index is 1150. The van der Waals surface area contributed by atoms with E-state index in [1.165, 1.54) is 0 Å². The van der Waals surface area contributed by atoms with Crippen LogP contribution in [0.5, 0.6) is 0 Å². The van der Waals surface area contributed by atoms with Crippen molar-refractivity contribution < 1.29 is 0 Å². The molecule has 0 spiro atoms. The number of para-hydroxylation sites is 1. The van der Waals surface area contributed by atoms with Crippen molar-refractivity contribution in [1.82, 2.24) is 0 Å². The van der Waals surface area contributed by atoms with Gasteiger partial charge < -0.3 is 0 Å². The Morgan fingerprint density at radius 1 is 0.781 bits per heavy atom. The van der Waals surface area contributed by atoms with Gasteiger partial charge >= 0.3 is 0 Å². The highest BCUT2D eigenvalue weighted by molar-refractivity contribution is 6.28. The van der Waals surface area contributed by atoms with Gasteiger partial charge in [0.15, 0.2) is 0 Å². The summed E-state index contributed by atoms with van der Waals surface area (Å²) in [7, 11) is 0. The standard InChI is InChI=1S/C28H30N4/c1-18(2)23-11-8-12-24(19(3)4)26(23)32(28(31)25-10-7-6-9-20(25)5)27(30)22-15-13-21(17-29)14-16-22/h6-16,18-19,30-31H,1-5H3. The Labute approximate surface area is 191 Å². The van der Waals surface area contributed by atoms with Crippen LogP contribution in [0.25, 0.3) is 0 Å². The summed E-state index contributed by atoms with van der Waals surface area (Å²) >= 11 is 0. The highest BCUT2D eigenvalue weighted by atomic mass is 15.2. The summed E-state index contributed by atoms with van der Waals surface area (Å²) in [6.45, 7) is 10.6. The maximum absolute atomic E-state index is 9.23. The zero-order chi connectivity index (χ0) is 23.4. The number of amidine groups is 2. The molecule has 0 unspecified atom stereocenters. The lowest BCUT2D eigenvalue weighted by atomic mass is 9.91. The van der Waals surface area contributed by atoms with Gasteiger partial charge in [-0.05, 0) is 59.7 Å². The lowest BCUT2D eigenvalue weighted by molar-refractivity contribution is 0.833. The second-order valence-electron chi connectivity index (χ2n) is 8.63. The number of benzene rings is 3. The number of anilines is 1. The molecule has 162 valence electrons. The van der Waals surface area contributed by atoms with Crippen LogP contribution in [0.15, 0.2) is 66.7 Å². The summed E-state index contributed by atoms with van der Waals surface area (Å²) in [5.74, 6) is 0.944. The maximum Gasteiger partial charge on any atom is 0.138 e. The molecule has 32 heavy (non-hydrogen) atoms. The number of rotatable bonds is 5. The molecule has 0 radical (unpaired) electrons. The normalized spacial score (nSPS) is 10.8. The SMILES string of the molecule is Cc1ccccc1C(=N)N(C(=N)c1ccc(C#N)cc1)c1c(C(C)C)cccc1C(C)C. The van der Waals surface area contributed by atoms with Crippen LogP contribution in [-0.4, -0.2) is 11.7 Å². The molecule has 0 aromatic heterocycles. The third kappa shape index (κ3) is 4.48. The van der Waals surface area contributed by atoms with Gasteiger partial charge in [0.2, 0.25) is 0 Å². The molecule has 4 nitrogen and oxygen atoms in total. The minimum Gasteiger partial charge on any atom is -0.284 e. The number of hydrogen-bond acceptors (Lipinski definition) is 3. The van der Waals surface area contributed by atoms with Crippen molar-refractivity contribution in [3.63, 3.8) is 0 Å². The van der Waals surface area contributed by atoms with E-state index >= 15 is 0 Å². The predicted molar refractivity (Wildman–Crippen MR) is 133 cm³/mol. The summed E-state index contributed by atoms with van der Waals surface area (Å²) in [6.07, 6.45) is 0. The molecular weight excluding hydrogens is 392 g/mol. The van der Waals surface area contributed by atoms with Gasteiger partial charge in [0, 0.05) is 11.1 Å². The van der Waals surface area contributed by atoms with Crippen LogP contribution in [-0.2, 0) is 0 Å². The average Bonchev–Trinajstić information content (AvgIpc) is 2.79. The van der Waals surface area contributed by atoms with Crippen molar-refractivity contribution in [3.05, 3.63) is 100 Å². The van der Waals surface area contributed by atoms with E-state index < -0.39 is 0 Å². The van der Waals surface area contributed by atoms with Gasteiger partial charge in [-0.15, -0.1) is 0 Å². The molecule has 0 aliphatic carbocycles. The van der Waals surface area contributed by atoms with E-state index in [1.807, 2.05) is 31.2 Å². The van der Waals surface area contributed by atoms with Gasteiger partial charge in [-0.2, -0.15) is 5.26 Å². The summed E-state index contributed by atoms with van der Waals surface area (Å²) in [6, 6.07) is 23.2. The molecule has 0 heterocycles. The molecule has 3 aromatic carbocycles. The van der Waals surface area contributed by atoms with E-state index in [9.17, 15) is 10.8 Å². The fourth-order valence-electron chi connectivity index (χ4n) is 3.90. The van der Waals surface area contributed by atoms with Crippen molar-refractivity contribution in [1.29, 1.82) is 16.1 Å². The fourth-order valence-corrected chi connectivity index (χ4v) is 3.90. The largest absolute Gasteiger partial charge is 0.284 e. The van der Waals surface area contributed by atoms with Crippen LogP contribution in [0, 0.1) is 29.1 Å². The van der Waals surface area contributed by atoms with Gasteiger partial charge in [-0.25, -0.2) is 0 Å². The molecule has 4 heteroatoms. The van der Waals surface area contributed by atoms with E-state index in [1.54, 1.807) is 29.2 Å². The number of nitriles is 1. The molecule has 0 aliphatic heterocycles. The monoisotopic (exact) mass is 422 g/mol. The first-order valence-corrected chi connectivity index (χ1v) is 10.9. The molecule has 3 aromatic rings. The summed E-state index contributed by atoms with van der Waals surface area (Å²) in [4.78, 5) is 1.77. The fraction of sp³-hybridized carbons (Fsp3) is 0.250. The Morgan fingerprint density at radius 2 is 1.34 bits per heavy atom. The Hall–Kier alpha value is -3.71. The van der Waals surface area contributed by atoms with Crippen LogP contribution in [0.3, 0.4) is 0 Å². The topological polar surface area (TPSA) is 74.7 Å². The summed E-state index contributed by atoms with van der Waals surface area (Å²) < 4.78 is 0. The van der Waals surface area contributed by atoms with Crippen molar-refractivity contribution in [2.75, 3.05) is 4.90 Å². The summed E-state index contributed by atoms with van der Waals surface area (Å²) in [5, 5.41) is 27.6. The van der Waals surface area contributed by atoms with E-state index in [2.05, 4.69) is 52.0 Å². The molecule has 0 fully saturated rings. The summed E-state index contributed by atoms with van der Waals surface area (Å²) in [5.41, 5.74) is 6.10. The minimum absolute atomic E-state index is 0.220. The van der Waals surface area contributed by atoms with E-state index in [0.29, 0.717) is 11.1 Å². The highest BCUT2D eigenvalue weighted by Crippen LogP contribution is 2.37. The average molecular weight is 423 g/mol. The first-order chi connectivity index (χ1) is 15.3. The third-order valence-corrected chi connectivity index (χ3v) is 5.70. The lowest BCUT2D eigenvalue weighted by Gasteiger charge is -2.32. The molecule has 3 rings (SSSR count). The quantitative estimate of drug-likeness (QED) is 0.344. The van der Waals surface area contributed by atoms with Crippen LogP contribution in [0.2, 0.25) is 0 Å². The van der Waals surface area contributed by atoms with Gasteiger partial charge in [-0.3, -0.25) is 15.7 Å². The second-order valence-corrected chi connectivity index (χ2v) is 8.63. The number of nitrogens with zero attached hydrogens (tertiary/aromatic N) is 2. The zero-order valence-electron chi connectivity index (χ0n) is 19.4. The minimum atomic E-state index is 0.220. The maximum atomic E-state index is 9.23. The van der Waals surface area contributed by atoms with Gasteiger partial charge in [-0.1, -0.05) is 70.2 Å². The number of hydrogen-bond donors (Lipinski definition) is 2. The first kappa shape index (κ1) is 23.0. The molecular formula is C28H30N4. The van der Waals surface area contributed by atoms with Crippen LogP contribution in [0.4, 0.5) is 5.69 Å². The Morgan fingerprint density at radius 3 is 1.84 bits per heavy atom. The van der Waals surface area contributed by atoms with Crippen LogP contribution >= 0.6 is 0 Å². The van der Waals surface area contributed by atoms with Crippen LogP contribution < -0.4 is 4.90 Å². The van der Waals surface area contributed by atoms with Crippen molar-refractivity contribution in [3.8, 4) is 6.07 Å². The molecule has 2 N–H and O–H groups in total. The second kappa shape index (κ2) is 9.62. The van der Waals surface area contributed by atoms with E-state index in [0.717, 1.165) is 27.9 Å². The Kier molecular flexibility index (Phi) is 6.90. The zero-order valence-corrected chi connectivity index (χ0v) is 19.4. The molecule has 0 atom stereocenters. The van der Waals surface area contributed by atoms with Gasteiger partial charge in [0.1, 0.15) is 11.7 Å². The third-order valence-electron chi connectivity index (χ3n) is 5.70. The van der Waals surface area contributed by atoms with Crippen LogP contribution in [0.1, 0.15) is 72.9 Å². The molecule has 0 bridgehead atoms. The number of nitrogens with one attached hydrogen (secondary N) is 2. The predicted octanol–water partition coefficient (Wildman–Crippen LogP) is 6.97. The van der Waals surface area contributed by atoms with Gasteiger partial charge in [0.25, 0.3) is 0 Å². The first-order valence-electron chi connectivity index (χ1n) is 10.9. The van der Waals surface area contributed by atoms with Crippen molar-refractivity contribution >= 4 is 17.4 Å².